The van der Waals surface area contributed by atoms with Crippen LogP contribution in [-0.2, 0) is 7.05 Å². The second-order valence-electron chi connectivity index (χ2n) is 11.3. The van der Waals surface area contributed by atoms with Gasteiger partial charge >= 0.3 is 0 Å². The van der Waals surface area contributed by atoms with Gasteiger partial charge in [-0.05, 0) is 107 Å². The number of benzene rings is 2. The van der Waals surface area contributed by atoms with Gasteiger partial charge in [0.05, 0.1) is 18.4 Å². The van der Waals surface area contributed by atoms with Crippen molar-refractivity contribution >= 4 is 5.91 Å². The molecule has 2 aromatic carbocycles. The van der Waals surface area contributed by atoms with Crippen molar-refractivity contribution in [1.82, 2.24) is 29.8 Å². The van der Waals surface area contributed by atoms with Crippen molar-refractivity contribution < 1.29 is 9.53 Å². The number of likely N-dealkylation sites (N-methyl/N-ethyl adjacent to an activating group) is 1. The molecular formula is C32H40N6O2. The molecule has 210 valence electrons. The van der Waals surface area contributed by atoms with E-state index in [9.17, 15) is 4.79 Å². The van der Waals surface area contributed by atoms with Crippen molar-refractivity contribution in [2.75, 3.05) is 20.2 Å². The summed E-state index contributed by atoms with van der Waals surface area (Å²) in [5, 5.41) is 12.1. The van der Waals surface area contributed by atoms with Crippen LogP contribution in [0, 0.1) is 6.92 Å². The van der Waals surface area contributed by atoms with Crippen LogP contribution in [0.15, 0.2) is 61.2 Å². The molecule has 2 atom stereocenters. The molecule has 1 N–H and O–H groups in total. The summed E-state index contributed by atoms with van der Waals surface area (Å²) in [7, 11) is 4.05. The highest BCUT2D eigenvalue weighted by molar-refractivity contribution is 5.96. The lowest BCUT2D eigenvalue weighted by atomic mass is 9.96. The second-order valence-corrected chi connectivity index (χ2v) is 11.3. The number of likely N-dealkylation sites (tertiary alicyclic amines) is 1. The molecule has 1 saturated heterocycles. The maximum Gasteiger partial charge on any atom is 0.252 e. The van der Waals surface area contributed by atoms with E-state index in [0.29, 0.717) is 18.2 Å². The molecule has 0 bridgehead atoms. The summed E-state index contributed by atoms with van der Waals surface area (Å²) in [6, 6.07) is 12.7. The fourth-order valence-corrected chi connectivity index (χ4v) is 5.25. The molecule has 3 heterocycles. The zero-order valence-electron chi connectivity index (χ0n) is 24.4. The van der Waals surface area contributed by atoms with Crippen molar-refractivity contribution in [1.29, 1.82) is 0 Å². The largest absolute Gasteiger partial charge is 0.492 e. The number of aromatic nitrogens is 4. The van der Waals surface area contributed by atoms with E-state index in [1.807, 2.05) is 62.4 Å². The topological polar surface area (TPSA) is 77.2 Å². The van der Waals surface area contributed by atoms with E-state index in [-0.39, 0.29) is 18.0 Å². The smallest absolute Gasteiger partial charge is 0.252 e. The fraction of sp³-hybridized carbons (Fsp3) is 0.406. The maximum absolute atomic E-state index is 13.5. The van der Waals surface area contributed by atoms with Gasteiger partial charge in [0.25, 0.3) is 5.91 Å². The van der Waals surface area contributed by atoms with E-state index in [1.54, 1.807) is 4.68 Å². The lowest BCUT2D eigenvalue weighted by Gasteiger charge is -2.20. The van der Waals surface area contributed by atoms with E-state index in [4.69, 9.17) is 4.74 Å². The van der Waals surface area contributed by atoms with Crippen LogP contribution in [0.25, 0.3) is 22.3 Å². The maximum atomic E-state index is 13.5. The quantitative estimate of drug-likeness (QED) is 0.290. The summed E-state index contributed by atoms with van der Waals surface area (Å²) in [5.74, 6) is 0.612. The number of carbonyl (C=O) groups excluding carboxylic acids is 1. The average Bonchev–Trinajstić information content (AvgIpc) is 3.69. The van der Waals surface area contributed by atoms with E-state index in [0.717, 1.165) is 52.1 Å². The van der Waals surface area contributed by atoms with Crippen LogP contribution >= 0.6 is 0 Å². The first-order valence-corrected chi connectivity index (χ1v) is 14.1. The zero-order chi connectivity index (χ0) is 28.4. The molecule has 1 aliphatic heterocycles. The molecule has 4 aromatic rings. The van der Waals surface area contributed by atoms with Gasteiger partial charge in [0.2, 0.25) is 0 Å². The molecule has 5 rings (SSSR count). The number of ether oxygens (including phenoxy) is 1. The molecule has 0 saturated carbocycles. The van der Waals surface area contributed by atoms with Gasteiger partial charge in [0.1, 0.15) is 12.4 Å². The summed E-state index contributed by atoms with van der Waals surface area (Å²) in [6.45, 7) is 9.95. The third kappa shape index (κ3) is 6.12. The molecule has 8 nitrogen and oxygen atoms in total. The lowest BCUT2D eigenvalue weighted by Crippen LogP contribution is -2.30. The third-order valence-corrected chi connectivity index (χ3v) is 7.87. The van der Waals surface area contributed by atoms with Gasteiger partial charge in [-0.2, -0.15) is 10.2 Å². The van der Waals surface area contributed by atoms with Crippen molar-refractivity contribution in [3.8, 4) is 28.0 Å². The number of aryl methyl sites for hydroxylation is 2. The van der Waals surface area contributed by atoms with Crippen LogP contribution in [0.5, 0.6) is 5.75 Å². The fourth-order valence-electron chi connectivity index (χ4n) is 5.25. The number of rotatable bonds is 9. The summed E-state index contributed by atoms with van der Waals surface area (Å²) < 4.78 is 9.86. The van der Waals surface area contributed by atoms with Crippen LogP contribution in [0.1, 0.15) is 67.2 Å². The molecule has 1 fully saturated rings. The molecule has 8 heteroatoms. The Labute approximate surface area is 237 Å². The van der Waals surface area contributed by atoms with E-state index >= 15 is 0 Å². The number of carbonyl (C=O) groups is 1. The van der Waals surface area contributed by atoms with Gasteiger partial charge in [-0.25, -0.2) is 0 Å². The van der Waals surface area contributed by atoms with E-state index in [1.165, 1.54) is 6.42 Å². The second kappa shape index (κ2) is 11.7. The minimum Gasteiger partial charge on any atom is -0.492 e. The minimum atomic E-state index is -0.223. The highest BCUT2D eigenvalue weighted by Crippen LogP contribution is 2.31. The molecule has 2 aromatic heterocycles. The Morgan fingerprint density at radius 1 is 1.00 bits per heavy atom. The molecule has 0 unspecified atom stereocenters. The number of hydrogen-bond acceptors (Lipinski definition) is 5. The van der Waals surface area contributed by atoms with Gasteiger partial charge < -0.3 is 15.0 Å². The first kappa shape index (κ1) is 27.6. The normalized spacial score (nSPS) is 16.4. The van der Waals surface area contributed by atoms with Crippen molar-refractivity contribution in [3.05, 3.63) is 77.9 Å². The van der Waals surface area contributed by atoms with Crippen LogP contribution in [-0.4, -0.2) is 56.6 Å². The highest BCUT2D eigenvalue weighted by Gasteiger charge is 2.22. The van der Waals surface area contributed by atoms with E-state index < -0.39 is 0 Å². The molecular weight excluding hydrogens is 500 g/mol. The van der Waals surface area contributed by atoms with Crippen LogP contribution in [0.3, 0.4) is 0 Å². The SMILES string of the molecule is Cc1ccc(OC[C@@H]2CCCN2C)cc1C(=O)N[C@H](C)c1cc(-c2cnn(C)c2)cc(-c2cnn(C(C)C)c2)c1. The number of nitrogens with one attached hydrogen (secondary N) is 1. The number of nitrogens with zero attached hydrogens (tertiary/aromatic N) is 5. The molecule has 0 spiro atoms. The third-order valence-electron chi connectivity index (χ3n) is 7.87. The standard InChI is InChI=1S/C32H40N6O2/c1-21(2)38-19-28(17-34-38)26-13-24(12-25(14-26)27-16-33-37(6)18-27)23(4)35-32(39)31-15-30(10-9-22(31)3)40-20-29-8-7-11-36(29)5/h9-10,12-19,21,23,29H,7-8,11,20H2,1-6H3,(H,35,39)/t23-,29+/m1/s1. The first-order valence-electron chi connectivity index (χ1n) is 14.1. The first-order chi connectivity index (χ1) is 19.2. The number of hydrogen-bond donors (Lipinski definition) is 1. The number of amides is 1. The molecule has 40 heavy (non-hydrogen) atoms. The van der Waals surface area contributed by atoms with Gasteiger partial charge in [0.15, 0.2) is 0 Å². The summed E-state index contributed by atoms with van der Waals surface area (Å²) >= 11 is 0. The Balaban J connectivity index is 1.38. The van der Waals surface area contributed by atoms with E-state index in [2.05, 4.69) is 65.7 Å². The van der Waals surface area contributed by atoms with Gasteiger partial charge in [0, 0.05) is 48.2 Å². The van der Waals surface area contributed by atoms with Crippen LogP contribution in [0.4, 0.5) is 0 Å². The Morgan fingerprint density at radius 3 is 2.35 bits per heavy atom. The molecule has 0 radical (unpaired) electrons. The monoisotopic (exact) mass is 540 g/mol. The van der Waals surface area contributed by atoms with Crippen molar-refractivity contribution in [2.24, 2.45) is 7.05 Å². The Kier molecular flexibility index (Phi) is 8.07. The minimum absolute atomic E-state index is 0.116. The predicted octanol–water partition coefficient (Wildman–Crippen LogP) is 5.80. The van der Waals surface area contributed by atoms with Gasteiger partial charge in [-0.1, -0.05) is 6.07 Å². The molecule has 1 amide bonds. The van der Waals surface area contributed by atoms with Crippen molar-refractivity contribution in [2.45, 2.75) is 58.7 Å². The molecule has 0 aliphatic carbocycles. The summed E-state index contributed by atoms with van der Waals surface area (Å²) in [4.78, 5) is 15.8. The van der Waals surface area contributed by atoms with Crippen LogP contribution < -0.4 is 10.1 Å². The van der Waals surface area contributed by atoms with Crippen molar-refractivity contribution in [3.63, 3.8) is 0 Å². The summed E-state index contributed by atoms with van der Waals surface area (Å²) in [6.07, 6.45) is 10.2. The van der Waals surface area contributed by atoms with Crippen LogP contribution in [0.2, 0.25) is 0 Å². The highest BCUT2D eigenvalue weighted by atomic mass is 16.5. The Bertz CT molecular complexity index is 1490. The average molecular weight is 541 g/mol. The Morgan fingerprint density at radius 2 is 1.73 bits per heavy atom. The van der Waals surface area contributed by atoms with Gasteiger partial charge in [-0.15, -0.1) is 0 Å². The van der Waals surface area contributed by atoms with Gasteiger partial charge in [-0.3, -0.25) is 14.2 Å². The zero-order valence-corrected chi connectivity index (χ0v) is 24.4. The summed E-state index contributed by atoms with van der Waals surface area (Å²) in [5.41, 5.74) is 6.71. The molecule has 1 aliphatic rings. The Hall–Kier alpha value is -3.91. The lowest BCUT2D eigenvalue weighted by molar-refractivity contribution is 0.0938. The predicted molar refractivity (Wildman–Crippen MR) is 158 cm³/mol.